The molecule has 0 radical (unpaired) electrons. The molecule has 1 aliphatic heterocycles. The van der Waals surface area contributed by atoms with E-state index < -0.39 is 0 Å². The molecule has 2 N–H and O–H groups in total. The molecule has 0 spiro atoms. The van der Waals surface area contributed by atoms with E-state index in [4.69, 9.17) is 10.5 Å². The molecule has 19 heavy (non-hydrogen) atoms. The number of likely N-dealkylation sites (N-methyl/N-ethyl adjacent to an activating group) is 1. The average Bonchev–Trinajstić information content (AvgIpc) is 2.43. The van der Waals surface area contributed by atoms with Gasteiger partial charge >= 0.3 is 0 Å². The summed E-state index contributed by atoms with van der Waals surface area (Å²) in [6, 6.07) is 7.79. The first-order valence-electron chi connectivity index (χ1n) is 6.57. The van der Waals surface area contributed by atoms with E-state index in [-0.39, 0.29) is 5.91 Å². The molecule has 2 rings (SSSR count). The molecule has 0 aliphatic carbocycles. The Kier molecular flexibility index (Phi) is 4.76. The fourth-order valence-electron chi connectivity index (χ4n) is 2.01. The van der Waals surface area contributed by atoms with Crippen molar-refractivity contribution in [2.24, 2.45) is 5.73 Å². The monoisotopic (exact) mass is 263 g/mol. The molecule has 104 valence electrons. The van der Waals surface area contributed by atoms with E-state index in [1.807, 2.05) is 31.3 Å². The van der Waals surface area contributed by atoms with Gasteiger partial charge in [0.05, 0.1) is 6.54 Å². The SMILES string of the molecule is CN1CCN(CCOc2ccc(CN)cc2)CC1=O. The Balaban J connectivity index is 1.72. The molecule has 5 heteroatoms. The minimum absolute atomic E-state index is 0.179. The molecular formula is C14H21N3O2. The summed E-state index contributed by atoms with van der Waals surface area (Å²) in [5.74, 6) is 1.02. The second-order valence-corrected chi connectivity index (χ2v) is 4.79. The summed E-state index contributed by atoms with van der Waals surface area (Å²) in [6.07, 6.45) is 0. The van der Waals surface area contributed by atoms with Crippen LogP contribution in [0.15, 0.2) is 24.3 Å². The summed E-state index contributed by atoms with van der Waals surface area (Å²) >= 11 is 0. The Morgan fingerprint density at radius 1 is 1.26 bits per heavy atom. The fourth-order valence-corrected chi connectivity index (χ4v) is 2.01. The molecule has 0 aromatic heterocycles. The van der Waals surface area contributed by atoms with Crippen LogP contribution >= 0.6 is 0 Å². The maximum atomic E-state index is 11.5. The van der Waals surface area contributed by atoms with Gasteiger partial charge in [0.25, 0.3) is 0 Å². The number of nitrogens with two attached hydrogens (primary N) is 1. The van der Waals surface area contributed by atoms with Gasteiger partial charge in [0.15, 0.2) is 0 Å². The number of carbonyl (C=O) groups is 1. The molecule has 1 aliphatic rings. The summed E-state index contributed by atoms with van der Waals surface area (Å²) in [5, 5.41) is 0. The molecule has 5 nitrogen and oxygen atoms in total. The third-order valence-electron chi connectivity index (χ3n) is 3.37. The highest BCUT2D eigenvalue weighted by atomic mass is 16.5. The fraction of sp³-hybridized carbons (Fsp3) is 0.500. The first-order valence-corrected chi connectivity index (χ1v) is 6.57. The lowest BCUT2D eigenvalue weighted by molar-refractivity contribution is -0.134. The van der Waals surface area contributed by atoms with Crippen LogP contribution in [0, 0.1) is 0 Å². The zero-order chi connectivity index (χ0) is 13.7. The standard InChI is InChI=1S/C14H21N3O2/c1-16-6-7-17(11-14(16)18)8-9-19-13-4-2-12(10-15)3-5-13/h2-5H,6-11,15H2,1H3. The maximum Gasteiger partial charge on any atom is 0.236 e. The average molecular weight is 263 g/mol. The smallest absolute Gasteiger partial charge is 0.236 e. The number of nitrogens with zero attached hydrogens (tertiary/aromatic N) is 2. The van der Waals surface area contributed by atoms with Crippen LogP contribution in [0.25, 0.3) is 0 Å². The molecule has 0 bridgehead atoms. The van der Waals surface area contributed by atoms with Crippen LogP contribution in [0.2, 0.25) is 0 Å². The Morgan fingerprint density at radius 3 is 2.63 bits per heavy atom. The van der Waals surface area contributed by atoms with Crippen molar-refractivity contribution in [1.29, 1.82) is 0 Å². The van der Waals surface area contributed by atoms with Crippen molar-refractivity contribution in [1.82, 2.24) is 9.80 Å². The Bertz CT molecular complexity index is 419. The lowest BCUT2D eigenvalue weighted by atomic mass is 10.2. The number of amides is 1. The van der Waals surface area contributed by atoms with Crippen LogP contribution in [0.3, 0.4) is 0 Å². The van der Waals surface area contributed by atoms with Gasteiger partial charge in [0.1, 0.15) is 12.4 Å². The van der Waals surface area contributed by atoms with Gasteiger partial charge < -0.3 is 15.4 Å². The topological polar surface area (TPSA) is 58.8 Å². The number of rotatable bonds is 5. The van der Waals surface area contributed by atoms with E-state index in [9.17, 15) is 4.79 Å². The highest BCUT2D eigenvalue weighted by molar-refractivity contribution is 5.78. The number of piperazine rings is 1. The van der Waals surface area contributed by atoms with Gasteiger partial charge in [0, 0.05) is 33.2 Å². The Morgan fingerprint density at radius 2 is 2.00 bits per heavy atom. The van der Waals surface area contributed by atoms with Crippen molar-refractivity contribution in [3.8, 4) is 5.75 Å². The maximum absolute atomic E-state index is 11.5. The van der Waals surface area contributed by atoms with Crippen LogP contribution in [0.1, 0.15) is 5.56 Å². The van der Waals surface area contributed by atoms with Crippen molar-refractivity contribution < 1.29 is 9.53 Å². The van der Waals surface area contributed by atoms with Crippen LogP contribution in [0.4, 0.5) is 0 Å². The van der Waals surface area contributed by atoms with Crippen molar-refractivity contribution in [3.63, 3.8) is 0 Å². The number of carbonyl (C=O) groups excluding carboxylic acids is 1. The first-order chi connectivity index (χ1) is 9.19. The van der Waals surface area contributed by atoms with E-state index in [0.29, 0.717) is 19.7 Å². The van der Waals surface area contributed by atoms with Gasteiger partial charge in [-0.1, -0.05) is 12.1 Å². The first kappa shape index (κ1) is 13.8. The number of ether oxygens (including phenoxy) is 1. The predicted octanol–water partition coefficient (Wildman–Crippen LogP) is 0.298. The van der Waals surface area contributed by atoms with Crippen molar-refractivity contribution in [2.75, 3.05) is 39.8 Å². The van der Waals surface area contributed by atoms with Crippen molar-refractivity contribution >= 4 is 5.91 Å². The van der Waals surface area contributed by atoms with Crippen molar-refractivity contribution in [3.05, 3.63) is 29.8 Å². The van der Waals surface area contributed by atoms with E-state index >= 15 is 0 Å². The number of hydrogen-bond acceptors (Lipinski definition) is 4. The second-order valence-electron chi connectivity index (χ2n) is 4.79. The lowest BCUT2D eigenvalue weighted by Gasteiger charge is -2.31. The van der Waals surface area contributed by atoms with Crippen LogP contribution < -0.4 is 10.5 Å². The van der Waals surface area contributed by atoms with Gasteiger partial charge in [-0.2, -0.15) is 0 Å². The molecule has 1 saturated heterocycles. The highest BCUT2D eigenvalue weighted by Gasteiger charge is 2.20. The van der Waals surface area contributed by atoms with Crippen LogP contribution in [0.5, 0.6) is 5.75 Å². The predicted molar refractivity (Wildman–Crippen MR) is 73.9 cm³/mol. The molecule has 1 aromatic carbocycles. The van der Waals surface area contributed by atoms with Gasteiger partial charge in [-0.3, -0.25) is 9.69 Å². The Hall–Kier alpha value is -1.59. The molecule has 0 atom stereocenters. The normalized spacial score (nSPS) is 16.7. The van der Waals surface area contributed by atoms with Gasteiger partial charge in [-0.05, 0) is 17.7 Å². The summed E-state index contributed by atoms with van der Waals surface area (Å²) in [6.45, 7) is 4.12. The van der Waals surface area contributed by atoms with E-state index in [2.05, 4.69) is 4.90 Å². The minimum Gasteiger partial charge on any atom is -0.492 e. The van der Waals surface area contributed by atoms with Gasteiger partial charge in [-0.25, -0.2) is 0 Å². The quantitative estimate of drug-likeness (QED) is 0.830. The second kappa shape index (κ2) is 6.54. The summed E-state index contributed by atoms with van der Waals surface area (Å²) < 4.78 is 5.66. The van der Waals surface area contributed by atoms with E-state index in [1.165, 1.54) is 0 Å². The third-order valence-corrected chi connectivity index (χ3v) is 3.37. The largest absolute Gasteiger partial charge is 0.492 e. The van der Waals surface area contributed by atoms with Crippen molar-refractivity contribution in [2.45, 2.75) is 6.54 Å². The summed E-state index contributed by atoms with van der Waals surface area (Å²) in [7, 11) is 1.84. The van der Waals surface area contributed by atoms with E-state index in [1.54, 1.807) is 4.90 Å². The van der Waals surface area contributed by atoms with Gasteiger partial charge in [0.2, 0.25) is 5.91 Å². The number of benzene rings is 1. The van der Waals surface area contributed by atoms with Crippen LogP contribution in [-0.4, -0.2) is 55.5 Å². The highest BCUT2D eigenvalue weighted by Crippen LogP contribution is 2.11. The molecule has 0 unspecified atom stereocenters. The zero-order valence-corrected chi connectivity index (χ0v) is 11.3. The molecule has 1 fully saturated rings. The molecule has 1 aromatic rings. The molecular weight excluding hydrogens is 242 g/mol. The lowest BCUT2D eigenvalue weighted by Crippen LogP contribution is -2.49. The minimum atomic E-state index is 0.179. The summed E-state index contributed by atoms with van der Waals surface area (Å²) in [5.41, 5.74) is 6.63. The van der Waals surface area contributed by atoms with Crippen LogP contribution in [-0.2, 0) is 11.3 Å². The molecule has 0 saturated carbocycles. The van der Waals surface area contributed by atoms with E-state index in [0.717, 1.165) is 30.9 Å². The Labute approximate surface area is 113 Å². The number of hydrogen-bond donors (Lipinski definition) is 1. The third kappa shape index (κ3) is 3.94. The van der Waals surface area contributed by atoms with Gasteiger partial charge in [-0.15, -0.1) is 0 Å². The zero-order valence-electron chi connectivity index (χ0n) is 11.3. The molecule has 1 heterocycles. The molecule has 1 amide bonds. The summed E-state index contributed by atoms with van der Waals surface area (Å²) in [4.78, 5) is 15.4.